The van der Waals surface area contributed by atoms with Crippen molar-refractivity contribution in [3.63, 3.8) is 0 Å². The normalized spacial score (nSPS) is 16.4. The predicted molar refractivity (Wildman–Crippen MR) is 72.4 cm³/mol. The molecular formula is C14H18N2O4. The molecular weight excluding hydrogens is 260 g/mol. The van der Waals surface area contributed by atoms with E-state index in [9.17, 15) is 9.59 Å². The number of amides is 2. The minimum absolute atomic E-state index is 0.0757. The Labute approximate surface area is 117 Å². The Morgan fingerprint density at radius 1 is 1.35 bits per heavy atom. The summed E-state index contributed by atoms with van der Waals surface area (Å²) in [6, 6.07) is 9.50. The summed E-state index contributed by atoms with van der Waals surface area (Å²) in [7, 11) is 1.63. The lowest BCUT2D eigenvalue weighted by atomic mass is 9.86. The molecule has 6 nitrogen and oxygen atoms in total. The summed E-state index contributed by atoms with van der Waals surface area (Å²) >= 11 is 0. The maximum atomic E-state index is 11.8. The molecule has 108 valence electrons. The molecule has 0 bridgehead atoms. The molecule has 1 aliphatic heterocycles. The molecule has 0 aromatic heterocycles. The highest BCUT2D eigenvalue weighted by Crippen LogP contribution is 2.35. The van der Waals surface area contributed by atoms with Gasteiger partial charge in [0.15, 0.2) is 0 Å². The Morgan fingerprint density at radius 2 is 2.00 bits per heavy atom. The van der Waals surface area contributed by atoms with Gasteiger partial charge in [0.25, 0.3) is 0 Å². The number of carboxylic acids is 1. The van der Waals surface area contributed by atoms with E-state index in [1.165, 1.54) is 0 Å². The van der Waals surface area contributed by atoms with Crippen molar-refractivity contribution in [3.8, 4) is 0 Å². The molecule has 1 aliphatic rings. The van der Waals surface area contributed by atoms with Crippen molar-refractivity contribution in [1.82, 2.24) is 10.2 Å². The summed E-state index contributed by atoms with van der Waals surface area (Å²) in [5.74, 6) is -0.926. The lowest BCUT2D eigenvalue weighted by Gasteiger charge is -2.49. The Hall–Kier alpha value is -2.08. The number of nitrogens with zero attached hydrogens (tertiary/aromatic N) is 1. The molecule has 1 saturated heterocycles. The fourth-order valence-corrected chi connectivity index (χ4v) is 2.27. The quantitative estimate of drug-likeness (QED) is 0.843. The molecule has 1 heterocycles. The van der Waals surface area contributed by atoms with E-state index in [4.69, 9.17) is 9.84 Å². The van der Waals surface area contributed by atoms with Crippen molar-refractivity contribution in [1.29, 1.82) is 0 Å². The lowest BCUT2D eigenvalue weighted by molar-refractivity contribution is -0.136. The smallest absolute Gasteiger partial charge is 0.317 e. The number of hydrogen-bond donors (Lipinski definition) is 2. The first-order valence-electron chi connectivity index (χ1n) is 6.43. The van der Waals surface area contributed by atoms with Crippen molar-refractivity contribution in [2.24, 2.45) is 0 Å². The summed E-state index contributed by atoms with van der Waals surface area (Å²) in [5, 5.41) is 11.1. The number of benzene rings is 1. The molecule has 1 aromatic carbocycles. The van der Waals surface area contributed by atoms with Gasteiger partial charge in [-0.15, -0.1) is 0 Å². The van der Waals surface area contributed by atoms with Crippen LogP contribution >= 0.6 is 0 Å². The van der Waals surface area contributed by atoms with Crippen LogP contribution in [0.25, 0.3) is 0 Å². The van der Waals surface area contributed by atoms with E-state index in [0.29, 0.717) is 13.1 Å². The fraction of sp³-hybridized carbons (Fsp3) is 0.429. The SMILES string of the molecule is COC1(c2ccccc2)CN(C(=O)NCCC(=O)O)C1. The van der Waals surface area contributed by atoms with Gasteiger partial charge in [-0.1, -0.05) is 30.3 Å². The second-order valence-corrected chi connectivity index (χ2v) is 4.80. The van der Waals surface area contributed by atoms with Crippen LogP contribution in [0.5, 0.6) is 0 Å². The maximum absolute atomic E-state index is 11.8. The second kappa shape index (κ2) is 5.92. The zero-order valence-corrected chi connectivity index (χ0v) is 11.3. The van der Waals surface area contributed by atoms with E-state index < -0.39 is 11.6 Å². The number of nitrogens with one attached hydrogen (secondary N) is 1. The third-order valence-electron chi connectivity index (χ3n) is 3.49. The first-order chi connectivity index (χ1) is 9.57. The van der Waals surface area contributed by atoms with Gasteiger partial charge in [0, 0.05) is 13.7 Å². The lowest BCUT2D eigenvalue weighted by Crippen LogP contribution is -2.64. The number of ether oxygens (including phenoxy) is 1. The van der Waals surface area contributed by atoms with Gasteiger partial charge in [-0.3, -0.25) is 4.79 Å². The van der Waals surface area contributed by atoms with Crippen molar-refractivity contribution in [2.45, 2.75) is 12.0 Å². The number of rotatable bonds is 5. The topological polar surface area (TPSA) is 78.9 Å². The van der Waals surface area contributed by atoms with E-state index >= 15 is 0 Å². The molecule has 1 aromatic rings. The van der Waals surface area contributed by atoms with E-state index in [1.807, 2.05) is 30.3 Å². The predicted octanol–water partition coefficient (Wildman–Crippen LogP) is 1.03. The van der Waals surface area contributed by atoms with Crippen molar-refractivity contribution in [2.75, 3.05) is 26.7 Å². The zero-order chi connectivity index (χ0) is 14.6. The van der Waals surface area contributed by atoms with Crippen LogP contribution in [-0.4, -0.2) is 48.8 Å². The highest BCUT2D eigenvalue weighted by molar-refractivity contribution is 5.76. The van der Waals surface area contributed by atoms with Crippen molar-refractivity contribution >= 4 is 12.0 Å². The highest BCUT2D eigenvalue weighted by Gasteiger charge is 2.46. The summed E-state index contributed by atoms with van der Waals surface area (Å²) < 4.78 is 5.57. The first-order valence-corrected chi connectivity index (χ1v) is 6.43. The van der Waals surface area contributed by atoms with Gasteiger partial charge in [-0.05, 0) is 5.56 Å². The van der Waals surface area contributed by atoms with Crippen LogP contribution in [0.3, 0.4) is 0 Å². The molecule has 1 fully saturated rings. The first kappa shape index (κ1) is 14.3. The highest BCUT2D eigenvalue weighted by atomic mass is 16.5. The Bertz CT molecular complexity index is 483. The average Bonchev–Trinajstić information content (AvgIpc) is 2.39. The van der Waals surface area contributed by atoms with Crippen molar-refractivity contribution < 1.29 is 19.4 Å². The molecule has 0 atom stereocenters. The zero-order valence-electron chi connectivity index (χ0n) is 11.3. The maximum Gasteiger partial charge on any atom is 0.317 e. The van der Waals surface area contributed by atoms with Gasteiger partial charge in [0.05, 0.1) is 19.5 Å². The third kappa shape index (κ3) is 2.91. The number of carbonyl (C=O) groups excluding carboxylic acids is 1. The average molecular weight is 278 g/mol. The van der Waals surface area contributed by atoms with E-state index in [2.05, 4.69) is 5.32 Å². The molecule has 2 rings (SSSR count). The van der Waals surface area contributed by atoms with Gasteiger partial charge in [-0.25, -0.2) is 4.79 Å². The van der Waals surface area contributed by atoms with Crippen LogP contribution in [0.1, 0.15) is 12.0 Å². The molecule has 2 N–H and O–H groups in total. The van der Waals surface area contributed by atoms with Gasteiger partial charge in [-0.2, -0.15) is 0 Å². The number of methoxy groups -OCH3 is 1. The summed E-state index contributed by atoms with van der Waals surface area (Å²) in [4.78, 5) is 23.8. The second-order valence-electron chi connectivity index (χ2n) is 4.80. The molecule has 0 spiro atoms. The number of urea groups is 1. The minimum Gasteiger partial charge on any atom is -0.481 e. The standard InChI is InChI=1S/C14H18N2O4/c1-20-14(11-5-3-2-4-6-11)9-16(10-14)13(19)15-8-7-12(17)18/h2-6H,7-10H2,1H3,(H,15,19)(H,17,18). The van der Waals surface area contributed by atoms with Crippen molar-refractivity contribution in [3.05, 3.63) is 35.9 Å². The Balaban J connectivity index is 1.88. The van der Waals surface area contributed by atoms with Gasteiger partial charge in [0.2, 0.25) is 0 Å². The van der Waals surface area contributed by atoms with Gasteiger partial charge < -0.3 is 20.1 Å². The number of aliphatic carboxylic acids is 1. The van der Waals surface area contributed by atoms with Crippen LogP contribution in [0.15, 0.2) is 30.3 Å². The summed E-state index contributed by atoms with van der Waals surface area (Å²) in [6.07, 6.45) is -0.0757. The number of hydrogen-bond acceptors (Lipinski definition) is 3. The Morgan fingerprint density at radius 3 is 2.55 bits per heavy atom. The molecule has 2 amide bonds. The summed E-state index contributed by atoms with van der Waals surface area (Å²) in [5.41, 5.74) is 0.586. The molecule has 0 radical (unpaired) electrons. The molecule has 20 heavy (non-hydrogen) atoms. The van der Waals surface area contributed by atoms with Gasteiger partial charge >= 0.3 is 12.0 Å². The van der Waals surface area contributed by atoms with Crippen LogP contribution in [0.2, 0.25) is 0 Å². The van der Waals surface area contributed by atoms with Crippen LogP contribution in [-0.2, 0) is 15.1 Å². The number of carbonyl (C=O) groups is 2. The largest absolute Gasteiger partial charge is 0.481 e. The molecule has 0 aliphatic carbocycles. The number of carboxylic acid groups (broad SMARTS) is 1. The fourth-order valence-electron chi connectivity index (χ4n) is 2.27. The monoisotopic (exact) mass is 278 g/mol. The summed E-state index contributed by atoms with van der Waals surface area (Å²) in [6.45, 7) is 1.06. The van der Waals surface area contributed by atoms with E-state index in [-0.39, 0.29) is 19.0 Å². The van der Waals surface area contributed by atoms with Crippen LogP contribution in [0.4, 0.5) is 4.79 Å². The third-order valence-corrected chi connectivity index (χ3v) is 3.49. The van der Waals surface area contributed by atoms with Crippen LogP contribution in [0, 0.1) is 0 Å². The number of likely N-dealkylation sites (tertiary alicyclic amines) is 1. The minimum atomic E-state index is -0.926. The molecule has 6 heteroatoms. The molecule has 0 unspecified atom stereocenters. The van der Waals surface area contributed by atoms with Crippen LogP contribution < -0.4 is 5.32 Å². The Kier molecular flexibility index (Phi) is 4.24. The van der Waals surface area contributed by atoms with Gasteiger partial charge in [0.1, 0.15) is 5.60 Å². The molecule has 0 saturated carbocycles. The van der Waals surface area contributed by atoms with E-state index in [1.54, 1.807) is 12.0 Å². The van der Waals surface area contributed by atoms with E-state index in [0.717, 1.165) is 5.56 Å².